The fraction of sp³-hybridized carbons (Fsp3) is 0.800. The van der Waals surface area contributed by atoms with Crippen molar-refractivity contribution in [3.8, 4) is 0 Å². The highest BCUT2D eigenvalue weighted by Crippen LogP contribution is 1.99. The van der Waals surface area contributed by atoms with E-state index >= 15 is 0 Å². The fourth-order valence-corrected chi connectivity index (χ4v) is 0.984. The third-order valence-electron chi connectivity index (χ3n) is 1.72. The highest BCUT2D eigenvalue weighted by Gasteiger charge is 1.83. The molecule has 0 aromatic heterocycles. The van der Waals surface area contributed by atoms with Gasteiger partial charge in [-0.2, -0.15) is 0 Å². The van der Waals surface area contributed by atoms with Crippen molar-refractivity contribution in [1.29, 1.82) is 0 Å². The molecule has 72 valence electrons. The first-order valence-corrected chi connectivity index (χ1v) is 4.78. The van der Waals surface area contributed by atoms with Gasteiger partial charge in [0.2, 0.25) is 0 Å². The van der Waals surface area contributed by atoms with Gasteiger partial charge in [0.05, 0.1) is 0 Å². The van der Waals surface area contributed by atoms with Crippen molar-refractivity contribution in [2.24, 2.45) is 0 Å². The summed E-state index contributed by atoms with van der Waals surface area (Å²) in [5, 5.41) is 17.0. The Bertz CT molecular complexity index is 88.0. The Morgan fingerprint density at radius 1 is 0.667 bits per heavy atom. The summed E-state index contributed by atoms with van der Waals surface area (Å²) in [5.41, 5.74) is 0. The van der Waals surface area contributed by atoms with Crippen LogP contribution in [0.1, 0.15) is 38.5 Å². The first-order chi connectivity index (χ1) is 5.91. The smallest absolute Gasteiger partial charge is 0.0431 e. The molecular formula is C10H20O2. The van der Waals surface area contributed by atoms with Crippen LogP contribution in [0, 0.1) is 0 Å². The second kappa shape index (κ2) is 10.7. The second-order valence-electron chi connectivity index (χ2n) is 2.91. The van der Waals surface area contributed by atoms with Crippen LogP contribution in [0.3, 0.4) is 0 Å². The normalized spacial score (nSPS) is 11.2. The van der Waals surface area contributed by atoms with Crippen molar-refractivity contribution in [3.05, 3.63) is 12.2 Å². The van der Waals surface area contributed by atoms with Crippen LogP contribution in [0.25, 0.3) is 0 Å². The van der Waals surface area contributed by atoms with E-state index in [9.17, 15) is 0 Å². The number of allylic oxidation sites excluding steroid dienone is 2. The molecule has 0 aliphatic carbocycles. The number of hydrogen-bond donors (Lipinski definition) is 2. The van der Waals surface area contributed by atoms with Crippen molar-refractivity contribution in [2.75, 3.05) is 13.2 Å². The molecule has 0 aromatic rings. The minimum Gasteiger partial charge on any atom is -0.396 e. The molecule has 0 aromatic carbocycles. The molecule has 0 radical (unpaired) electrons. The Morgan fingerprint density at radius 2 is 1.08 bits per heavy atom. The summed E-state index contributed by atoms with van der Waals surface area (Å²) in [6.07, 6.45) is 10.4. The summed E-state index contributed by atoms with van der Waals surface area (Å²) in [6.45, 7) is 0.608. The Kier molecular flexibility index (Phi) is 10.4. The van der Waals surface area contributed by atoms with Crippen LogP contribution in [0.5, 0.6) is 0 Å². The molecule has 0 aliphatic rings. The van der Waals surface area contributed by atoms with Crippen LogP contribution in [0.2, 0.25) is 0 Å². The lowest BCUT2D eigenvalue weighted by atomic mass is 10.2. The van der Waals surface area contributed by atoms with Crippen LogP contribution in [0.15, 0.2) is 12.2 Å². The van der Waals surface area contributed by atoms with E-state index in [2.05, 4.69) is 12.2 Å². The molecule has 0 saturated heterocycles. The molecule has 0 atom stereocenters. The quantitative estimate of drug-likeness (QED) is 0.433. The first kappa shape index (κ1) is 11.7. The summed E-state index contributed by atoms with van der Waals surface area (Å²) in [5.74, 6) is 0. The van der Waals surface area contributed by atoms with E-state index in [0.29, 0.717) is 13.2 Å². The predicted octanol–water partition coefficient (Wildman–Crippen LogP) is 1.87. The van der Waals surface area contributed by atoms with Crippen LogP contribution in [0.4, 0.5) is 0 Å². The number of hydrogen-bond acceptors (Lipinski definition) is 2. The van der Waals surface area contributed by atoms with Gasteiger partial charge in [-0.05, 0) is 38.5 Å². The summed E-state index contributed by atoms with van der Waals surface area (Å²) in [4.78, 5) is 0. The average Bonchev–Trinajstić information content (AvgIpc) is 2.10. The van der Waals surface area contributed by atoms with Gasteiger partial charge in [-0.3, -0.25) is 0 Å². The first-order valence-electron chi connectivity index (χ1n) is 4.78. The lowest BCUT2D eigenvalue weighted by Gasteiger charge is -1.92. The molecular weight excluding hydrogens is 152 g/mol. The predicted molar refractivity (Wildman–Crippen MR) is 51.0 cm³/mol. The molecule has 0 spiro atoms. The maximum atomic E-state index is 8.49. The summed E-state index contributed by atoms with van der Waals surface area (Å²) in [7, 11) is 0. The molecule has 0 bridgehead atoms. The van der Waals surface area contributed by atoms with Crippen molar-refractivity contribution < 1.29 is 10.2 Å². The van der Waals surface area contributed by atoms with Gasteiger partial charge in [0.1, 0.15) is 0 Å². The third kappa shape index (κ3) is 9.66. The van der Waals surface area contributed by atoms with Crippen molar-refractivity contribution >= 4 is 0 Å². The van der Waals surface area contributed by atoms with Crippen molar-refractivity contribution in [2.45, 2.75) is 38.5 Å². The number of aliphatic hydroxyl groups excluding tert-OH is 2. The second-order valence-corrected chi connectivity index (χ2v) is 2.91. The zero-order valence-electron chi connectivity index (χ0n) is 7.71. The highest BCUT2D eigenvalue weighted by molar-refractivity contribution is 4.81. The average molecular weight is 172 g/mol. The van der Waals surface area contributed by atoms with Crippen LogP contribution in [-0.2, 0) is 0 Å². The van der Waals surface area contributed by atoms with Gasteiger partial charge in [0, 0.05) is 13.2 Å². The van der Waals surface area contributed by atoms with Gasteiger partial charge in [0.25, 0.3) is 0 Å². The fourth-order valence-electron chi connectivity index (χ4n) is 0.984. The summed E-state index contributed by atoms with van der Waals surface area (Å²) < 4.78 is 0. The SMILES string of the molecule is OCCCC/C=C/CCCCO. The molecule has 0 heterocycles. The molecule has 2 heteroatoms. The molecule has 12 heavy (non-hydrogen) atoms. The lowest BCUT2D eigenvalue weighted by Crippen LogP contribution is -1.81. The molecule has 2 N–H and O–H groups in total. The molecule has 0 aliphatic heterocycles. The van der Waals surface area contributed by atoms with Gasteiger partial charge in [-0.25, -0.2) is 0 Å². The Morgan fingerprint density at radius 3 is 1.42 bits per heavy atom. The Hall–Kier alpha value is -0.340. The van der Waals surface area contributed by atoms with Gasteiger partial charge in [-0.15, -0.1) is 0 Å². The number of aliphatic hydroxyl groups is 2. The standard InChI is InChI=1S/C10H20O2/c11-9-7-5-3-1-2-4-6-8-10-12/h1-2,11-12H,3-10H2/b2-1+. The van der Waals surface area contributed by atoms with Gasteiger partial charge >= 0.3 is 0 Å². The Labute approximate surface area is 74.9 Å². The monoisotopic (exact) mass is 172 g/mol. The maximum absolute atomic E-state index is 8.49. The Balaban J connectivity index is 2.93. The molecule has 0 fully saturated rings. The van der Waals surface area contributed by atoms with Crippen molar-refractivity contribution in [3.63, 3.8) is 0 Å². The minimum absolute atomic E-state index is 0.304. The largest absolute Gasteiger partial charge is 0.396 e. The molecule has 0 saturated carbocycles. The zero-order chi connectivity index (χ0) is 9.07. The summed E-state index contributed by atoms with van der Waals surface area (Å²) >= 11 is 0. The van der Waals surface area contributed by atoms with E-state index in [-0.39, 0.29) is 0 Å². The number of unbranched alkanes of at least 4 members (excludes halogenated alkanes) is 4. The van der Waals surface area contributed by atoms with Crippen LogP contribution in [-0.4, -0.2) is 23.4 Å². The van der Waals surface area contributed by atoms with Gasteiger partial charge in [-0.1, -0.05) is 12.2 Å². The summed E-state index contributed by atoms with van der Waals surface area (Å²) in [6, 6.07) is 0. The third-order valence-corrected chi connectivity index (χ3v) is 1.72. The van der Waals surface area contributed by atoms with Crippen LogP contribution < -0.4 is 0 Å². The molecule has 0 amide bonds. The zero-order valence-corrected chi connectivity index (χ0v) is 7.71. The van der Waals surface area contributed by atoms with E-state index < -0.39 is 0 Å². The van der Waals surface area contributed by atoms with E-state index in [0.717, 1.165) is 38.5 Å². The van der Waals surface area contributed by atoms with Gasteiger partial charge < -0.3 is 10.2 Å². The van der Waals surface area contributed by atoms with E-state index in [4.69, 9.17) is 10.2 Å². The highest BCUT2D eigenvalue weighted by atomic mass is 16.3. The maximum Gasteiger partial charge on any atom is 0.0431 e. The number of rotatable bonds is 8. The van der Waals surface area contributed by atoms with E-state index in [1.54, 1.807) is 0 Å². The van der Waals surface area contributed by atoms with Gasteiger partial charge in [0.15, 0.2) is 0 Å². The van der Waals surface area contributed by atoms with Crippen molar-refractivity contribution in [1.82, 2.24) is 0 Å². The van der Waals surface area contributed by atoms with E-state index in [1.165, 1.54) is 0 Å². The molecule has 0 rings (SSSR count). The topological polar surface area (TPSA) is 40.5 Å². The lowest BCUT2D eigenvalue weighted by molar-refractivity contribution is 0.284. The minimum atomic E-state index is 0.304. The molecule has 2 nitrogen and oxygen atoms in total. The van der Waals surface area contributed by atoms with Crippen LogP contribution >= 0.6 is 0 Å². The molecule has 0 unspecified atom stereocenters. The van der Waals surface area contributed by atoms with E-state index in [1.807, 2.05) is 0 Å².